The number of imidazole rings is 1. The summed E-state index contributed by atoms with van der Waals surface area (Å²) in [6.45, 7) is 4.63. The largest absolute Gasteiger partial charge is 0.467 e. The summed E-state index contributed by atoms with van der Waals surface area (Å²) >= 11 is 1.41. The summed E-state index contributed by atoms with van der Waals surface area (Å²) in [6, 6.07) is 13.9. The average Bonchev–Trinajstić information content (AvgIpc) is 3.29. The molecule has 0 spiro atoms. The van der Waals surface area contributed by atoms with Gasteiger partial charge in [-0.05, 0) is 17.7 Å². The normalized spacial score (nSPS) is 10.6. The summed E-state index contributed by atoms with van der Waals surface area (Å²) in [4.78, 5) is 16.4. The van der Waals surface area contributed by atoms with E-state index in [1.807, 2.05) is 48.7 Å². The van der Waals surface area contributed by atoms with Crippen LogP contribution in [-0.2, 0) is 11.3 Å². The Labute approximate surface area is 150 Å². The van der Waals surface area contributed by atoms with Gasteiger partial charge in [0.15, 0.2) is 5.16 Å². The lowest BCUT2D eigenvalue weighted by atomic mass is 10.2. The number of hydrogen-bond acceptors (Lipinski definition) is 4. The van der Waals surface area contributed by atoms with Crippen molar-refractivity contribution in [2.24, 2.45) is 0 Å². The Bertz CT molecular complexity index is 826. The van der Waals surface area contributed by atoms with E-state index in [4.69, 9.17) is 4.42 Å². The van der Waals surface area contributed by atoms with Crippen molar-refractivity contribution in [3.63, 3.8) is 0 Å². The summed E-state index contributed by atoms with van der Waals surface area (Å²) in [5.41, 5.74) is 2.07. The maximum atomic E-state index is 11.8. The lowest BCUT2D eigenvalue weighted by Crippen LogP contribution is -2.25. The molecule has 25 heavy (non-hydrogen) atoms. The maximum Gasteiger partial charge on any atom is 0.230 e. The van der Waals surface area contributed by atoms with Gasteiger partial charge >= 0.3 is 0 Å². The van der Waals surface area contributed by atoms with Crippen LogP contribution in [0.3, 0.4) is 0 Å². The lowest BCUT2D eigenvalue weighted by molar-refractivity contribution is -0.118. The van der Waals surface area contributed by atoms with Crippen LogP contribution in [0.1, 0.15) is 5.76 Å². The van der Waals surface area contributed by atoms with E-state index in [0.29, 0.717) is 18.8 Å². The Morgan fingerprint density at radius 1 is 1.28 bits per heavy atom. The second-order valence-corrected chi connectivity index (χ2v) is 6.28. The molecule has 5 nitrogen and oxygen atoms in total. The van der Waals surface area contributed by atoms with Gasteiger partial charge < -0.3 is 14.3 Å². The number of hydrogen-bond donors (Lipinski definition) is 1. The van der Waals surface area contributed by atoms with Crippen LogP contribution in [0.5, 0.6) is 0 Å². The summed E-state index contributed by atoms with van der Waals surface area (Å²) < 4.78 is 7.55. The smallest absolute Gasteiger partial charge is 0.230 e. The molecule has 0 aliphatic rings. The SMILES string of the molecule is C=CCNC(=O)CSc1ncc(-c2ccccc2)n1Cc1ccco1. The van der Waals surface area contributed by atoms with Gasteiger partial charge in [0.1, 0.15) is 5.76 Å². The number of nitrogens with zero attached hydrogens (tertiary/aromatic N) is 2. The van der Waals surface area contributed by atoms with Crippen LogP contribution in [-0.4, -0.2) is 27.8 Å². The molecular formula is C19H19N3O2S. The third kappa shape index (κ3) is 4.42. The molecule has 0 fully saturated rings. The van der Waals surface area contributed by atoms with Crippen molar-refractivity contribution < 1.29 is 9.21 Å². The predicted molar refractivity (Wildman–Crippen MR) is 99.4 cm³/mol. The van der Waals surface area contributed by atoms with E-state index in [2.05, 4.69) is 21.4 Å². The second kappa shape index (κ2) is 8.39. The zero-order valence-electron chi connectivity index (χ0n) is 13.7. The highest BCUT2D eigenvalue weighted by molar-refractivity contribution is 7.99. The van der Waals surface area contributed by atoms with Crippen LogP contribution in [0.15, 0.2) is 77.2 Å². The molecular weight excluding hydrogens is 334 g/mol. The summed E-state index contributed by atoms with van der Waals surface area (Å²) in [5.74, 6) is 1.10. The van der Waals surface area contributed by atoms with E-state index in [9.17, 15) is 4.79 Å². The fourth-order valence-electron chi connectivity index (χ4n) is 2.39. The first-order valence-electron chi connectivity index (χ1n) is 7.91. The molecule has 1 amide bonds. The Balaban J connectivity index is 1.83. The molecule has 2 aromatic heterocycles. The van der Waals surface area contributed by atoms with Crippen LogP contribution in [0.25, 0.3) is 11.3 Å². The highest BCUT2D eigenvalue weighted by Crippen LogP contribution is 2.27. The molecule has 1 N–H and O–H groups in total. The van der Waals surface area contributed by atoms with Gasteiger partial charge in [0.25, 0.3) is 0 Å². The molecule has 6 heteroatoms. The van der Waals surface area contributed by atoms with E-state index in [0.717, 1.165) is 22.2 Å². The monoisotopic (exact) mass is 353 g/mol. The number of thioether (sulfide) groups is 1. The van der Waals surface area contributed by atoms with E-state index >= 15 is 0 Å². The van der Waals surface area contributed by atoms with Crippen LogP contribution in [0.2, 0.25) is 0 Å². The van der Waals surface area contributed by atoms with Crippen LogP contribution in [0, 0.1) is 0 Å². The topological polar surface area (TPSA) is 60.1 Å². The minimum Gasteiger partial charge on any atom is -0.467 e. The fraction of sp³-hybridized carbons (Fsp3) is 0.158. The molecule has 0 aliphatic heterocycles. The van der Waals surface area contributed by atoms with Crippen LogP contribution < -0.4 is 5.32 Å². The third-order valence-electron chi connectivity index (χ3n) is 3.56. The van der Waals surface area contributed by atoms with E-state index in [-0.39, 0.29) is 5.91 Å². The zero-order chi connectivity index (χ0) is 17.5. The molecule has 128 valence electrons. The van der Waals surface area contributed by atoms with Crippen molar-refractivity contribution in [3.05, 3.63) is 73.3 Å². The van der Waals surface area contributed by atoms with Gasteiger partial charge in [0.05, 0.1) is 30.5 Å². The first-order valence-corrected chi connectivity index (χ1v) is 8.90. The third-order valence-corrected chi connectivity index (χ3v) is 4.55. The molecule has 0 unspecified atom stereocenters. The quantitative estimate of drug-likeness (QED) is 0.497. The van der Waals surface area contributed by atoms with Gasteiger partial charge in [-0.3, -0.25) is 4.79 Å². The van der Waals surface area contributed by atoms with Gasteiger partial charge in [-0.2, -0.15) is 0 Å². The van der Waals surface area contributed by atoms with Crippen molar-refractivity contribution in [3.8, 4) is 11.3 Å². The number of rotatable bonds is 8. The second-order valence-electron chi connectivity index (χ2n) is 5.34. The lowest BCUT2D eigenvalue weighted by Gasteiger charge is -2.10. The number of nitrogens with one attached hydrogen (secondary N) is 1. The van der Waals surface area contributed by atoms with Crippen molar-refractivity contribution in [1.82, 2.24) is 14.9 Å². The number of carbonyl (C=O) groups excluding carboxylic acids is 1. The Morgan fingerprint density at radius 3 is 2.84 bits per heavy atom. The highest BCUT2D eigenvalue weighted by Gasteiger charge is 2.15. The maximum absolute atomic E-state index is 11.8. The zero-order valence-corrected chi connectivity index (χ0v) is 14.5. The number of furan rings is 1. The fourth-order valence-corrected chi connectivity index (χ4v) is 3.20. The summed E-state index contributed by atoms with van der Waals surface area (Å²) in [7, 11) is 0. The van der Waals surface area contributed by atoms with E-state index < -0.39 is 0 Å². The van der Waals surface area contributed by atoms with Gasteiger partial charge in [0.2, 0.25) is 5.91 Å². The molecule has 2 heterocycles. The number of aromatic nitrogens is 2. The predicted octanol–water partition coefficient (Wildman–Crippen LogP) is 3.59. The molecule has 0 bridgehead atoms. The first-order chi connectivity index (χ1) is 12.3. The van der Waals surface area contributed by atoms with Crippen molar-refractivity contribution in [2.45, 2.75) is 11.7 Å². The van der Waals surface area contributed by atoms with Crippen LogP contribution in [0.4, 0.5) is 0 Å². The Hall–Kier alpha value is -2.73. The molecule has 0 aliphatic carbocycles. The average molecular weight is 353 g/mol. The molecule has 1 aromatic carbocycles. The minimum absolute atomic E-state index is 0.0429. The van der Waals surface area contributed by atoms with Crippen molar-refractivity contribution in [1.29, 1.82) is 0 Å². The van der Waals surface area contributed by atoms with Gasteiger partial charge in [-0.15, -0.1) is 6.58 Å². The van der Waals surface area contributed by atoms with Gasteiger partial charge in [-0.1, -0.05) is 48.2 Å². The molecule has 3 rings (SSSR count). The standard InChI is InChI=1S/C19H19N3O2S/c1-2-10-20-18(23)14-25-19-21-12-17(15-7-4-3-5-8-15)22(19)13-16-9-6-11-24-16/h2-9,11-12H,1,10,13-14H2,(H,20,23). The minimum atomic E-state index is -0.0429. The summed E-state index contributed by atoms with van der Waals surface area (Å²) in [6.07, 6.45) is 5.15. The van der Waals surface area contributed by atoms with E-state index in [1.165, 1.54) is 11.8 Å². The first kappa shape index (κ1) is 17.1. The number of amides is 1. The Morgan fingerprint density at radius 2 is 2.12 bits per heavy atom. The highest BCUT2D eigenvalue weighted by atomic mass is 32.2. The van der Waals surface area contributed by atoms with Gasteiger partial charge in [0, 0.05) is 6.54 Å². The number of benzene rings is 1. The Kier molecular flexibility index (Phi) is 5.74. The van der Waals surface area contributed by atoms with Crippen molar-refractivity contribution in [2.75, 3.05) is 12.3 Å². The van der Waals surface area contributed by atoms with Gasteiger partial charge in [-0.25, -0.2) is 4.98 Å². The van der Waals surface area contributed by atoms with E-state index in [1.54, 1.807) is 12.3 Å². The summed E-state index contributed by atoms with van der Waals surface area (Å²) in [5, 5.41) is 3.55. The molecule has 0 atom stereocenters. The molecule has 0 radical (unpaired) electrons. The van der Waals surface area contributed by atoms with Crippen molar-refractivity contribution >= 4 is 17.7 Å². The number of carbonyl (C=O) groups is 1. The van der Waals surface area contributed by atoms with Crippen LogP contribution >= 0.6 is 11.8 Å². The molecule has 0 saturated heterocycles. The molecule has 3 aromatic rings. The molecule has 0 saturated carbocycles.